The Morgan fingerprint density at radius 2 is 1.44 bits per heavy atom. The molecule has 0 unspecified atom stereocenters. The van der Waals surface area contributed by atoms with Crippen molar-refractivity contribution in [3.05, 3.63) is 0 Å². The van der Waals surface area contributed by atoms with E-state index in [1.807, 2.05) is 11.8 Å². The minimum Gasteiger partial charge on any atom is -0.356 e. The van der Waals surface area contributed by atoms with Gasteiger partial charge in [0.25, 0.3) is 0 Å². The van der Waals surface area contributed by atoms with Crippen molar-refractivity contribution in [1.82, 2.24) is 26.7 Å². The first-order valence-electron chi connectivity index (χ1n) is 11.7. The number of carbonyl (C=O) groups excluding carboxylic acids is 4. The van der Waals surface area contributed by atoms with Gasteiger partial charge in [0.15, 0.2) is 0 Å². The molecule has 0 spiro atoms. The number of nitrogens with one attached hydrogen (secondary N) is 5. The molecule has 0 saturated carbocycles. The number of hydrogen-bond donors (Lipinski definition) is 6. The summed E-state index contributed by atoms with van der Waals surface area (Å²) in [7, 11) is 0. The number of rotatable bonds is 16. The van der Waals surface area contributed by atoms with Crippen LogP contribution in [0, 0.1) is 0 Å². The maximum absolute atomic E-state index is 12.0. The fraction of sp³-hybridized carbons (Fsp3) is 0.810. The second kappa shape index (κ2) is 14.9. The SMILES string of the molecule is NNC(=O)CCCCNC(=O)CCCCCNC(=O)CCCC[C@@H]1SC[C@@H]2NC(=O)N[C@@H]21. The molecule has 2 rings (SSSR count). The summed E-state index contributed by atoms with van der Waals surface area (Å²) in [6.07, 6.45) is 8.25. The van der Waals surface area contributed by atoms with Gasteiger partial charge in [0.1, 0.15) is 0 Å². The number of amides is 5. The molecule has 0 aromatic carbocycles. The molecule has 182 valence electrons. The van der Waals surface area contributed by atoms with Crippen LogP contribution in [0.4, 0.5) is 4.79 Å². The summed E-state index contributed by atoms with van der Waals surface area (Å²) >= 11 is 1.90. The van der Waals surface area contributed by atoms with Crippen molar-refractivity contribution in [1.29, 1.82) is 0 Å². The minimum absolute atomic E-state index is 0.0250. The van der Waals surface area contributed by atoms with Crippen molar-refractivity contribution < 1.29 is 19.2 Å². The second-order valence-corrected chi connectivity index (χ2v) is 9.67. The van der Waals surface area contributed by atoms with Crippen molar-refractivity contribution in [2.24, 2.45) is 5.84 Å². The smallest absolute Gasteiger partial charge is 0.315 e. The molecule has 32 heavy (non-hydrogen) atoms. The van der Waals surface area contributed by atoms with Crippen LogP contribution in [0.15, 0.2) is 0 Å². The molecule has 10 nitrogen and oxygen atoms in total. The Labute approximate surface area is 194 Å². The number of hydrogen-bond acceptors (Lipinski definition) is 6. The lowest BCUT2D eigenvalue weighted by Crippen LogP contribution is -2.36. The van der Waals surface area contributed by atoms with Crippen molar-refractivity contribution >= 4 is 35.5 Å². The Kier molecular flexibility index (Phi) is 12.3. The van der Waals surface area contributed by atoms with Crippen LogP contribution in [-0.4, -0.2) is 59.9 Å². The summed E-state index contributed by atoms with van der Waals surface area (Å²) < 4.78 is 0. The number of carbonyl (C=O) groups is 4. The predicted octanol–water partition coefficient (Wildman–Crippen LogP) is 0.665. The van der Waals surface area contributed by atoms with E-state index >= 15 is 0 Å². The van der Waals surface area contributed by atoms with E-state index < -0.39 is 0 Å². The van der Waals surface area contributed by atoms with Crippen LogP contribution < -0.4 is 32.5 Å². The summed E-state index contributed by atoms with van der Waals surface area (Å²) in [5.74, 6) is 5.88. The Morgan fingerprint density at radius 3 is 2.12 bits per heavy atom. The number of hydrazine groups is 1. The van der Waals surface area contributed by atoms with E-state index in [-0.39, 0.29) is 35.8 Å². The van der Waals surface area contributed by atoms with Crippen LogP contribution in [0.1, 0.15) is 70.6 Å². The van der Waals surface area contributed by atoms with Gasteiger partial charge in [0.05, 0.1) is 12.1 Å². The van der Waals surface area contributed by atoms with E-state index in [1.165, 1.54) is 0 Å². The van der Waals surface area contributed by atoms with Crippen molar-refractivity contribution in [3.8, 4) is 0 Å². The number of urea groups is 1. The molecule has 2 heterocycles. The zero-order valence-electron chi connectivity index (χ0n) is 18.8. The summed E-state index contributed by atoms with van der Waals surface area (Å²) in [6.45, 7) is 1.21. The predicted molar refractivity (Wildman–Crippen MR) is 125 cm³/mol. The largest absolute Gasteiger partial charge is 0.356 e. The zero-order valence-corrected chi connectivity index (χ0v) is 19.6. The molecule has 11 heteroatoms. The van der Waals surface area contributed by atoms with Gasteiger partial charge in [-0.3, -0.25) is 19.8 Å². The number of unbranched alkanes of at least 4 members (excludes halogenated alkanes) is 4. The average Bonchev–Trinajstić information content (AvgIpc) is 3.32. The fourth-order valence-electron chi connectivity index (χ4n) is 3.98. The second-order valence-electron chi connectivity index (χ2n) is 8.40. The Morgan fingerprint density at radius 1 is 0.844 bits per heavy atom. The first-order chi connectivity index (χ1) is 15.5. The number of nitrogens with two attached hydrogens (primary N) is 1. The van der Waals surface area contributed by atoms with E-state index in [1.54, 1.807) is 0 Å². The van der Waals surface area contributed by atoms with Gasteiger partial charge in [0.2, 0.25) is 17.7 Å². The highest BCUT2D eigenvalue weighted by molar-refractivity contribution is 8.00. The van der Waals surface area contributed by atoms with Crippen LogP contribution in [-0.2, 0) is 14.4 Å². The van der Waals surface area contributed by atoms with Gasteiger partial charge in [0, 0.05) is 43.4 Å². The topological polar surface area (TPSA) is 154 Å². The molecule has 7 N–H and O–H groups in total. The molecule has 2 aliphatic heterocycles. The van der Waals surface area contributed by atoms with Crippen LogP contribution in [0.2, 0.25) is 0 Å². The number of fused-ring (bicyclic) bond motifs is 1. The van der Waals surface area contributed by atoms with Crippen molar-refractivity contribution in [2.75, 3.05) is 18.8 Å². The lowest BCUT2D eigenvalue weighted by atomic mass is 10.0. The monoisotopic (exact) mass is 470 g/mol. The zero-order chi connectivity index (χ0) is 23.2. The van der Waals surface area contributed by atoms with Gasteiger partial charge in [-0.15, -0.1) is 0 Å². The molecule has 0 radical (unpaired) electrons. The van der Waals surface area contributed by atoms with Gasteiger partial charge in [-0.2, -0.15) is 11.8 Å². The van der Waals surface area contributed by atoms with Gasteiger partial charge in [-0.25, -0.2) is 10.6 Å². The van der Waals surface area contributed by atoms with Gasteiger partial charge >= 0.3 is 6.03 Å². The summed E-state index contributed by atoms with van der Waals surface area (Å²) in [5, 5.41) is 12.2. The lowest BCUT2D eigenvalue weighted by molar-refractivity contribution is -0.122. The van der Waals surface area contributed by atoms with E-state index in [2.05, 4.69) is 26.7 Å². The normalized spacial score (nSPS) is 21.4. The third kappa shape index (κ3) is 10.1. The highest BCUT2D eigenvalue weighted by atomic mass is 32.2. The van der Waals surface area contributed by atoms with Gasteiger partial charge in [-0.05, 0) is 38.5 Å². The molecule has 3 atom stereocenters. The molecule has 2 saturated heterocycles. The standard InChI is InChI=1S/C21H38N6O4S/c22-27-19(30)11-5-7-13-24-17(28)9-2-1-6-12-23-18(29)10-4-3-8-16-20-15(14-32-16)25-21(31)26-20/h15-16,20H,1-14,22H2,(H,23,29)(H,24,28)(H,27,30)(H2,25,26,31)/t15-,16-,20-/m0/s1. The van der Waals surface area contributed by atoms with E-state index in [0.29, 0.717) is 44.0 Å². The molecular weight excluding hydrogens is 432 g/mol. The molecule has 5 amide bonds. The van der Waals surface area contributed by atoms with E-state index in [0.717, 1.165) is 50.7 Å². The number of thioether (sulfide) groups is 1. The van der Waals surface area contributed by atoms with Crippen molar-refractivity contribution in [3.63, 3.8) is 0 Å². The molecule has 0 aliphatic carbocycles. The summed E-state index contributed by atoms with van der Waals surface area (Å²) in [5.41, 5.74) is 2.08. The maximum Gasteiger partial charge on any atom is 0.315 e. The van der Waals surface area contributed by atoms with Crippen LogP contribution in [0.5, 0.6) is 0 Å². The van der Waals surface area contributed by atoms with Gasteiger partial charge < -0.3 is 21.3 Å². The van der Waals surface area contributed by atoms with Crippen molar-refractivity contribution in [2.45, 2.75) is 88.0 Å². The first kappa shape index (κ1) is 26.2. The molecule has 0 bridgehead atoms. The third-order valence-corrected chi connectivity index (χ3v) is 7.31. The quantitative estimate of drug-likeness (QED) is 0.0640. The van der Waals surface area contributed by atoms with Crippen LogP contribution >= 0.6 is 11.8 Å². The Hall–Kier alpha value is -2.01. The van der Waals surface area contributed by atoms with Gasteiger partial charge in [-0.1, -0.05) is 12.8 Å². The van der Waals surface area contributed by atoms with Crippen LogP contribution in [0.3, 0.4) is 0 Å². The summed E-state index contributed by atoms with van der Waals surface area (Å²) in [4.78, 5) is 46.1. The first-order valence-corrected chi connectivity index (χ1v) is 12.8. The van der Waals surface area contributed by atoms with E-state index in [9.17, 15) is 19.2 Å². The third-order valence-electron chi connectivity index (χ3n) is 5.80. The Balaban J connectivity index is 1.36. The Bertz CT molecular complexity index is 635. The molecule has 2 aliphatic rings. The minimum atomic E-state index is -0.192. The lowest BCUT2D eigenvalue weighted by Gasteiger charge is -2.16. The summed E-state index contributed by atoms with van der Waals surface area (Å²) in [6, 6.07) is 0.423. The van der Waals surface area contributed by atoms with Crippen LogP contribution in [0.25, 0.3) is 0 Å². The molecular formula is C21H38N6O4S. The highest BCUT2D eigenvalue weighted by Crippen LogP contribution is 2.33. The average molecular weight is 471 g/mol. The maximum atomic E-state index is 12.0. The van der Waals surface area contributed by atoms with E-state index in [4.69, 9.17) is 5.84 Å². The molecule has 0 aromatic rings. The highest BCUT2D eigenvalue weighted by Gasteiger charge is 2.42. The molecule has 2 fully saturated rings. The molecule has 0 aromatic heterocycles. The fourth-order valence-corrected chi connectivity index (χ4v) is 5.52.